The number of aryl methyl sites for hydroxylation is 4. The third kappa shape index (κ3) is 4.76. The fourth-order valence-corrected chi connectivity index (χ4v) is 6.38. The Bertz CT molecular complexity index is 1720. The van der Waals surface area contributed by atoms with Crippen molar-refractivity contribution in [1.29, 1.82) is 0 Å². The van der Waals surface area contributed by atoms with Crippen molar-refractivity contribution in [3.05, 3.63) is 89.6 Å². The molecule has 202 valence electrons. The van der Waals surface area contributed by atoms with Gasteiger partial charge in [0.2, 0.25) is 0 Å². The maximum atomic E-state index is 13.7. The zero-order valence-corrected chi connectivity index (χ0v) is 22.4. The molecule has 0 saturated carbocycles. The molecule has 1 atom stereocenters. The first-order valence-electron chi connectivity index (χ1n) is 13.5. The number of fused-ring (bicyclic) bond motifs is 6. The molecule has 2 heterocycles. The van der Waals surface area contributed by atoms with Gasteiger partial charge in [-0.05, 0) is 111 Å². The van der Waals surface area contributed by atoms with Crippen LogP contribution in [-0.4, -0.2) is 17.7 Å². The van der Waals surface area contributed by atoms with Gasteiger partial charge in [0.15, 0.2) is 5.78 Å². The van der Waals surface area contributed by atoms with Crippen LogP contribution in [0.1, 0.15) is 76.3 Å². The van der Waals surface area contributed by atoms with Gasteiger partial charge in [-0.1, -0.05) is 12.1 Å². The van der Waals surface area contributed by atoms with E-state index in [-0.39, 0.29) is 23.5 Å². The summed E-state index contributed by atoms with van der Waals surface area (Å²) in [6, 6.07) is 7.43. The van der Waals surface area contributed by atoms with E-state index in [1.165, 1.54) is 0 Å². The average molecular weight is 529 g/mol. The van der Waals surface area contributed by atoms with Gasteiger partial charge in [-0.3, -0.25) is 4.79 Å². The Hall–Kier alpha value is -3.84. The van der Waals surface area contributed by atoms with Gasteiger partial charge in [0, 0.05) is 28.3 Å². The molecule has 7 nitrogen and oxygen atoms in total. The number of carbonyl (C=O) groups is 2. The number of hydrogen-bond donors (Lipinski definition) is 1. The fraction of sp³-hybridized carbons (Fsp3) is 0.375. The predicted molar refractivity (Wildman–Crippen MR) is 149 cm³/mol. The van der Waals surface area contributed by atoms with E-state index in [0.717, 1.165) is 71.7 Å². The number of hydrogen-bond acceptors (Lipinski definition) is 7. The maximum Gasteiger partial charge on any atom is 0.339 e. The molecule has 2 aromatic carbocycles. The molecule has 2 aromatic heterocycles. The van der Waals surface area contributed by atoms with E-state index in [2.05, 4.69) is 0 Å². The van der Waals surface area contributed by atoms with Crippen molar-refractivity contribution in [2.75, 3.05) is 0 Å². The van der Waals surface area contributed by atoms with E-state index in [1.807, 2.05) is 38.8 Å². The number of carbonyl (C=O) groups excluding carboxylic acids is 2. The van der Waals surface area contributed by atoms with Crippen LogP contribution in [0, 0.1) is 13.8 Å². The lowest BCUT2D eigenvalue weighted by molar-refractivity contribution is -0.126. The van der Waals surface area contributed by atoms with Crippen LogP contribution in [0.15, 0.2) is 42.7 Å². The van der Waals surface area contributed by atoms with E-state index in [1.54, 1.807) is 6.07 Å². The van der Waals surface area contributed by atoms with Gasteiger partial charge in [0.25, 0.3) is 0 Å². The van der Waals surface area contributed by atoms with Crippen LogP contribution in [0.5, 0.6) is 0 Å². The zero-order valence-electron chi connectivity index (χ0n) is 22.4. The molecule has 0 spiro atoms. The molecule has 1 N–H and O–H groups in total. The van der Waals surface area contributed by atoms with Crippen LogP contribution in [0.3, 0.4) is 0 Å². The lowest BCUT2D eigenvalue weighted by atomic mass is 9.85. The highest BCUT2D eigenvalue weighted by Crippen LogP contribution is 2.35. The molecule has 0 saturated heterocycles. The Morgan fingerprint density at radius 1 is 0.769 bits per heavy atom. The largest absolute Gasteiger partial charge is 0.422 e. The Morgan fingerprint density at radius 2 is 1.23 bits per heavy atom. The minimum atomic E-state index is -1.37. The molecule has 0 aliphatic heterocycles. The van der Waals surface area contributed by atoms with Crippen molar-refractivity contribution in [1.82, 2.24) is 0 Å². The number of benzene rings is 2. The summed E-state index contributed by atoms with van der Waals surface area (Å²) in [4.78, 5) is 46.9. The number of aliphatic hydroxyl groups excluding tert-OH is 1. The van der Waals surface area contributed by atoms with Crippen molar-refractivity contribution in [3.8, 4) is 0 Å². The van der Waals surface area contributed by atoms with E-state index < -0.39 is 6.10 Å². The summed E-state index contributed by atoms with van der Waals surface area (Å²) < 4.78 is 11.3. The van der Waals surface area contributed by atoms with Crippen molar-refractivity contribution in [2.45, 2.75) is 77.7 Å². The molecule has 0 amide bonds. The molecule has 7 heteroatoms. The summed E-state index contributed by atoms with van der Waals surface area (Å²) in [7, 11) is 0. The topological polar surface area (TPSA) is 115 Å². The van der Waals surface area contributed by atoms with Gasteiger partial charge in [-0.2, -0.15) is 0 Å². The highest BCUT2D eigenvalue weighted by atomic mass is 16.4. The van der Waals surface area contributed by atoms with Crippen LogP contribution < -0.4 is 11.3 Å². The minimum Gasteiger partial charge on any atom is -0.422 e. The Morgan fingerprint density at radius 3 is 1.79 bits per heavy atom. The van der Waals surface area contributed by atoms with Crippen LogP contribution >= 0.6 is 0 Å². The van der Waals surface area contributed by atoms with Crippen LogP contribution in [0.25, 0.3) is 21.9 Å². The fourth-order valence-electron chi connectivity index (χ4n) is 6.38. The monoisotopic (exact) mass is 528 g/mol. The lowest BCUT2D eigenvalue weighted by Gasteiger charge is -2.21. The van der Waals surface area contributed by atoms with Gasteiger partial charge in [0.1, 0.15) is 24.1 Å². The molecule has 2 aliphatic carbocycles. The standard InChI is InChI=1S/C31H30O6.CH2O/c1-16-11-18(27-19-7-3-5-9-21(19)30(34)36-25(27)13-16)15-24(32)29(33)23-12-17(2)14-26-28(23)20-8-4-6-10-22(20)31(35)37-26;1-2/h11-14,29,33H,3-10,15H2,1-2H3;1H2. The van der Waals surface area contributed by atoms with Crippen molar-refractivity contribution < 1.29 is 23.5 Å². The highest BCUT2D eigenvalue weighted by molar-refractivity contribution is 5.96. The van der Waals surface area contributed by atoms with Crippen molar-refractivity contribution in [3.63, 3.8) is 0 Å². The molecule has 0 bridgehead atoms. The molecule has 39 heavy (non-hydrogen) atoms. The summed E-state index contributed by atoms with van der Waals surface area (Å²) in [6.45, 7) is 5.77. The first kappa shape index (κ1) is 26.8. The van der Waals surface area contributed by atoms with Gasteiger partial charge >= 0.3 is 11.3 Å². The van der Waals surface area contributed by atoms with E-state index in [0.29, 0.717) is 46.1 Å². The second-order valence-electron chi connectivity index (χ2n) is 10.7. The Labute approximate surface area is 225 Å². The number of rotatable bonds is 4. The third-order valence-electron chi connectivity index (χ3n) is 8.01. The first-order valence-corrected chi connectivity index (χ1v) is 13.5. The minimum absolute atomic E-state index is 0.00786. The van der Waals surface area contributed by atoms with Gasteiger partial charge in [0.05, 0.1) is 0 Å². The van der Waals surface area contributed by atoms with E-state index in [4.69, 9.17) is 13.6 Å². The second kappa shape index (κ2) is 10.7. The summed E-state index contributed by atoms with van der Waals surface area (Å²) in [6.07, 6.45) is 5.28. The SMILES string of the molecule is C=O.Cc1cc(CC(=O)C(O)c2cc(C)cc3oc(=O)c4c(c23)CCCC4)c2c3c(c(=O)oc2c1)CCCC3. The molecule has 1 unspecified atom stereocenters. The normalized spacial score (nSPS) is 15.3. The smallest absolute Gasteiger partial charge is 0.339 e. The summed E-state index contributed by atoms with van der Waals surface area (Å²) in [5.74, 6) is -0.342. The Kier molecular flexibility index (Phi) is 7.36. The quantitative estimate of drug-likeness (QED) is 0.373. The maximum absolute atomic E-state index is 13.7. The summed E-state index contributed by atoms with van der Waals surface area (Å²) in [5.41, 5.74) is 6.52. The lowest BCUT2D eigenvalue weighted by Crippen LogP contribution is -2.20. The first-order chi connectivity index (χ1) is 18.8. The van der Waals surface area contributed by atoms with E-state index in [9.17, 15) is 19.5 Å². The summed E-state index contributed by atoms with van der Waals surface area (Å²) >= 11 is 0. The highest BCUT2D eigenvalue weighted by Gasteiger charge is 2.28. The third-order valence-corrected chi connectivity index (χ3v) is 8.01. The second-order valence-corrected chi connectivity index (χ2v) is 10.7. The van der Waals surface area contributed by atoms with Gasteiger partial charge in [-0.15, -0.1) is 0 Å². The Balaban J connectivity index is 0.00000151. The molecule has 0 fully saturated rings. The molecular formula is C32H32O7. The van der Waals surface area contributed by atoms with Gasteiger partial charge in [-0.25, -0.2) is 9.59 Å². The van der Waals surface area contributed by atoms with Crippen LogP contribution in [-0.2, 0) is 41.7 Å². The zero-order chi connectivity index (χ0) is 27.8. The molecular weight excluding hydrogens is 496 g/mol. The van der Waals surface area contributed by atoms with Gasteiger partial charge < -0.3 is 18.7 Å². The molecule has 4 aromatic rings. The molecule has 6 rings (SSSR count). The van der Waals surface area contributed by atoms with E-state index >= 15 is 0 Å². The number of aliphatic hydroxyl groups is 1. The van der Waals surface area contributed by atoms with Crippen LogP contribution in [0.2, 0.25) is 0 Å². The predicted octanol–water partition coefficient (Wildman–Crippen LogP) is 4.93. The molecule has 0 radical (unpaired) electrons. The summed E-state index contributed by atoms with van der Waals surface area (Å²) in [5, 5.41) is 12.9. The van der Waals surface area contributed by atoms with Crippen molar-refractivity contribution >= 4 is 34.5 Å². The van der Waals surface area contributed by atoms with Crippen molar-refractivity contribution in [2.24, 2.45) is 0 Å². The average Bonchev–Trinajstić information content (AvgIpc) is 2.93. The molecule has 2 aliphatic rings. The van der Waals surface area contributed by atoms with Crippen LogP contribution in [0.4, 0.5) is 0 Å². The number of Topliss-reactive ketones (excluding diaryl/α,β-unsaturated/α-hetero) is 1. The number of ketones is 1.